The monoisotopic (exact) mass is 290 g/mol. The fraction of sp³-hybridized carbons (Fsp3) is 0.750. The summed E-state index contributed by atoms with van der Waals surface area (Å²) < 4.78 is 0. The van der Waals surface area contributed by atoms with E-state index in [0.29, 0.717) is 11.7 Å². The third kappa shape index (κ3) is 3.12. The van der Waals surface area contributed by atoms with Gasteiger partial charge in [-0.2, -0.15) is 0 Å². The lowest BCUT2D eigenvalue weighted by molar-refractivity contribution is 0.0943. The van der Waals surface area contributed by atoms with Gasteiger partial charge in [-0.05, 0) is 32.6 Å². The summed E-state index contributed by atoms with van der Waals surface area (Å²) in [4.78, 5) is 9.07. The molecule has 116 valence electrons. The van der Waals surface area contributed by atoms with Gasteiger partial charge >= 0.3 is 0 Å². The van der Waals surface area contributed by atoms with Crippen molar-refractivity contribution in [3.63, 3.8) is 0 Å². The first kappa shape index (κ1) is 14.6. The second-order valence-electron chi connectivity index (χ2n) is 6.79. The Bertz CT molecular complexity index is 507. The number of aliphatic hydroxyl groups is 1. The van der Waals surface area contributed by atoms with Crippen molar-refractivity contribution in [1.29, 1.82) is 0 Å². The van der Waals surface area contributed by atoms with Crippen molar-refractivity contribution in [2.24, 2.45) is 5.41 Å². The molecule has 3 rings (SSSR count). The Morgan fingerprint density at radius 1 is 1.24 bits per heavy atom. The zero-order valence-electron chi connectivity index (χ0n) is 12.9. The van der Waals surface area contributed by atoms with Crippen LogP contribution in [-0.4, -0.2) is 28.2 Å². The van der Waals surface area contributed by atoms with E-state index in [0.717, 1.165) is 36.6 Å². The lowest BCUT2D eigenvalue weighted by Gasteiger charge is -2.36. The Balaban J connectivity index is 1.74. The van der Waals surface area contributed by atoms with E-state index < -0.39 is 0 Å². The molecule has 0 aliphatic heterocycles. The molecule has 2 aliphatic carbocycles. The number of hydrogen-bond donors (Lipinski definition) is 3. The first-order valence-corrected chi connectivity index (χ1v) is 8.12. The van der Waals surface area contributed by atoms with E-state index in [2.05, 4.69) is 15.3 Å². The minimum atomic E-state index is 0.00411. The van der Waals surface area contributed by atoms with E-state index in [1.54, 1.807) is 0 Å². The summed E-state index contributed by atoms with van der Waals surface area (Å²) in [6, 6.07) is 0. The van der Waals surface area contributed by atoms with Gasteiger partial charge in [-0.15, -0.1) is 0 Å². The van der Waals surface area contributed by atoms with E-state index >= 15 is 0 Å². The molecule has 2 saturated carbocycles. The number of hydrogen-bond acceptors (Lipinski definition) is 5. The molecule has 0 bridgehead atoms. The van der Waals surface area contributed by atoms with E-state index in [1.807, 2.05) is 6.92 Å². The van der Waals surface area contributed by atoms with Crippen LogP contribution in [0.4, 0.5) is 11.6 Å². The van der Waals surface area contributed by atoms with Gasteiger partial charge < -0.3 is 16.2 Å². The van der Waals surface area contributed by atoms with Crippen LogP contribution >= 0.6 is 0 Å². The summed E-state index contributed by atoms with van der Waals surface area (Å²) in [5.74, 6) is 2.80. The van der Waals surface area contributed by atoms with Crippen molar-refractivity contribution in [2.75, 3.05) is 24.2 Å². The van der Waals surface area contributed by atoms with Crippen LogP contribution in [0.25, 0.3) is 0 Å². The van der Waals surface area contributed by atoms with Crippen LogP contribution < -0.4 is 11.1 Å². The Kier molecular flexibility index (Phi) is 4.02. The summed E-state index contributed by atoms with van der Waals surface area (Å²) in [6.07, 6.45) is 8.22. The highest BCUT2D eigenvalue weighted by Gasteiger charge is 2.32. The van der Waals surface area contributed by atoms with Gasteiger partial charge in [-0.1, -0.05) is 19.3 Å². The summed E-state index contributed by atoms with van der Waals surface area (Å²) in [7, 11) is 0. The largest absolute Gasteiger partial charge is 0.396 e. The molecule has 0 spiro atoms. The van der Waals surface area contributed by atoms with Crippen molar-refractivity contribution >= 4 is 11.6 Å². The minimum Gasteiger partial charge on any atom is -0.396 e. The van der Waals surface area contributed by atoms with Gasteiger partial charge in [0.1, 0.15) is 17.5 Å². The number of nitrogens with two attached hydrogens (primary N) is 1. The molecule has 0 unspecified atom stereocenters. The number of aromatic nitrogens is 2. The SMILES string of the molecule is Cc1c(N)nc(C2CC2)nc1NCC1(CO)CCCCC1. The standard InChI is InChI=1S/C16H26N4O/c1-11-13(17)19-15(12-5-6-12)20-14(11)18-9-16(10-21)7-3-2-4-8-16/h12,21H,2-10H2,1H3,(H3,17,18,19,20). The van der Waals surface area contributed by atoms with Crippen molar-refractivity contribution in [3.8, 4) is 0 Å². The Hall–Kier alpha value is -1.36. The summed E-state index contributed by atoms with van der Waals surface area (Å²) >= 11 is 0. The van der Waals surface area contributed by atoms with Gasteiger partial charge in [0.2, 0.25) is 0 Å². The molecule has 1 aromatic heterocycles. The van der Waals surface area contributed by atoms with Crippen LogP contribution in [0.2, 0.25) is 0 Å². The molecule has 5 heteroatoms. The van der Waals surface area contributed by atoms with Crippen molar-refractivity contribution < 1.29 is 5.11 Å². The van der Waals surface area contributed by atoms with E-state index in [4.69, 9.17) is 5.73 Å². The highest BCUT2D eigenvalue weighted by atomic mass is 16.3. The lowest BCUT2D eigenvalue weighted by atomic mass is 9.74. The molecular weight excluding hydrogens is 264 g/mol. The smallest absolute Gasteiger partial charge is 0.136 e. The topological polar surface area (TPSA) is 84.1 Å². The fourth-order valence-corrected chi connectivity index (χ4v) is 3.21. The summed E-state index contributed by atoms with van der Waals surface area (Å²) in [5.41, 5.74) is 6.94. The van der Waals surface area contributed by atoms with E-state index in [1.165, 1.54) is 32.1 Å². The Morgan fingerprint density at radius 3 is 2.57 bits per heavy atom. The van der Waals surface area contributed by atoms with Crippen LogP contribution in [0.15, 0.2) is 0 Å². The average Bonchev–Trinajstić information content (AvgIpc) is 3.34. The van der Waals surface area contributed by atoms with Crippen LogP contribution in [0, 0.1) is 12.3 Å². The maximum atomic E-state index is 9.80. The second kappa shape index (κ2) is 5.79. The zero-order valence-corrected chi connectivity index (χ0v) is 12.9. The van der Waals surface area contributed by atoms with Gasteiger partial charge in [0.15, 0.2) is 0 Å². The molecule has 5 nitrogen and oxygen atoms in total. The quantitative estimate of drug-likeness (QED) is 0.776. The molecule has 0 saturated heterocycles. The predicted molar refractivity (Wildman–Crippen MR) is 84.2 cm³/mol. The maximum Gasteiger partial charge on any atom is 0.136 e. The van der Waals surface area contributed by atoms with Gasteiger partial charge in [-0.3, -0.25) is 0 Å². The first-order valence-electron chi connectivity index (χ1n) is 8.12. The molecule has 21 heavy (non-hydrogen) atoms. The zero-order chi connectivity index (χ0) is 14.9. The van der Waals surface area contributed by atoms with Crippen LogP contribution in [0.5, 0.6) is 0 Å². The summed E-state index contributed by atoms with van der Waals surface area (Å²) in [5, 5.41) is 13.2. The van der Waals surface area contributed by atoms with Crippen LogP contribution in [-0.2, 0) is 0 Å². The Labute approximate surface area is 126 Å². The summed E-state index contributed by atoms with van der Waals surface area (Å²) in [6.45, 7) is 2.97. The molecule has 1 heterocycles. The molecule has 0 amide bonds. The van der Waals surface area contributed by atoms with E-state index in [-0.39, 0.29) is 12.0 Å². The molecule has 0 radical (unpaired) electrons. The molecule has 1 aromatic rings. The van der Waals surface area contributed by atoms with Gasteiger partial charge in [-0.25, -0.2) is 9.97 Å². The number of nitrogens with zero attached hydrogens (tertiary/aromatic N) is 2. The van der Waals surface area contributed by atoms with Crippen molar-refractivity contribution in [3.05, 3.63) is 11.4 Å². The van der Waals surface area contributed by atoms with Crippen molar-refractivity contribution in [2.45, 2.75) is 57.8 Å². The number of aliphatic hydroxyl groups excluding tert-OH is 1. The van der Waals surface area contributed by atoms with E-state index in [9.17, 15) is 5.11 Å². The third-order valence-corrected chi connectivity index (χ3v) is 5.02. The first-order chi connectivity index (χ1) is 10.1. The molecule has 2 fully saturated rings. The predicted octanol–water partition coefficient (Wildman–Crippen LogP) is 2.60. The second-order valence-corrected chi connectivity index (χ2v) is 6.79. The fourth-order valence-electron chi connectivity index (χ4n) is 3.21. The molecular formula is C16H26N4O. The number of nitrogens with one attached hydrogen (secondary N) is 1. The van der Waals surface area contributed by atoms with Gasteiger partial charge in [0.05, 0.1) is 6.61 Å². The normalized spacial score (nSPS) is 21.2. The highest BCUT2D eigenvalue weighted by Crippen LogP contribution is 2.40. The number of rotatable bonds is 5. The molecule has 0 aromatic carbocycles. The molecule has 2 aliphatic rings. The molecule has 4 N–H and O–H groups in total. The maximum absolute atomic E-state index is 9.80. The third-order valence-electron chi connectivity index (χ3n) is 5.02. The molecule has 0 atom stereocenters. The highest BCUT2D eigenvalue weighted by molar-refractivity contribution is 5.55. The Morgan fingerprint density at radius 2 is 1.95 bits per heavy atom. The van der Waals surface area contributed by atoms with Crippen LogP contribution in [0.1, 0.15) is 62.3 Å². The lowest BCUT2D eigenvalue weighted by Crippen LogP contribution is -2.36. The minimum absolute atomic E-state index is 0.00411. The van der Waals surface area contributed by atoms with Crippen LogP contribution in [0.3, 0.4) is 0 Å². The average molecular weight is 290 g/mol. The number of nitrogen functional groups attached to an aromatic ring is 1. The van der Waals surface area contributed by atoms with Crippen molar-refractivity contribution in [1.82, 2.24) is 9.97 Å². The number of anilines is 2. The van der Waals surface area contributed by atoms with Gasteiger partial charge in [0, 0.05) is 23.4 Å². The van der Waals surface area contributed by atoms with Gasteiger partial charge in [0.25, 0.3) is 0 Å².